The molecule has 7 heteroatoms. The van der Waals surface area contributed by atoms with E-state index in [1.807, 2.05) is 86.4 Å². The smallest absolute Gasteiger partial charge is 0.410 e. The standard InChI is InChI=1S/C26H32N4O3/c1-26(2,3)33-25(31)29-13-11-22(12-14-29)30-17-20(16-28-30)23-15-21(27)9-10-24(23)32-18-19-7-5-4-6-8-19/h4-10,15-17,22H,11-14,18,27H2,1-3H3. The first-order chi connectivity index (χ1) is 15.8. The van der Waals surface area contributed by atoms with Crippen LogP contribution in [-0.4, -0.2) is 39.5 Å². The third kappa shape index (κ3) is 5.86. The summed E-state index contributed by atoms with van der Waals surface area (Å²) in [5, 5.41) is 4.62. The SMILES string of the molecule is CC(C)(C)OC(=O)N1CCC(n2cc(-c3cc(N)ccc3OCc3ccccc3)cn2)CC1. The summed E-state index contributed by atoms with van der Waals surface area (Å²) in [7, 11) is 0. The molecule has 1 saturated heterocycles. The lowest BCUT2D eigenvalue weighted by molar-refractivity contribution is 0.0185. The first-order valence-electron chi connectivity index (χ1n) is 11.4. The van der Waals surface area contributed by atoms with Gasteiger partial charge in [-0.25, -0.2) is 4.79 Å². The highest BCUT2D eigenvalue weighted by Gasteiger charge is 2.28. The van der Waals surface area contributed by atoms with Crippen LogP contribution in [0.5, 0.6) is 5.75 Å². The quantitative estimate of drug-likeness (QED) is 0.537. The van der Waals surface area contributed by atoms with Gasteiger partial charge in [0, 0.05) is 36.1 Å². The van der Waals surface area contributed by atoms with Gasteiger partial charge in [-0.05, 0) is 57.4 Å². The van der Waals surface area contributed by atoms with E-state index in [1.54, 1.807) is 4.90 Å². The summed E-state index contributed by atoms with van der Waals surface area (Å²) >= 11 is 0. The van der Waals surface area contributed by atoms with Crippen LogP contribution in [0.1, 0.15) is 45.2 Å². The Hall–Kier alpha value is -3.48. The molecule has 0 unspecified atom stereocenters. The third-order valence-electron chi connectivity index (χ3n) is 5.64. The zero-order chi connectivity index (χ0) is 23.4. The highest BCUT2D eigenvalue weighted by atomic mass is 16.6. The van der Waals surface area contributed by atoms with E-state index < -0.39 is 5.60 Å². The number of carbonyl (C=O) groups is 1. The van der Waals surface area contributed by atoms with Crippen molar-refractivity contribution in [3.63, 3.8) is 0 Å². The number of nitrogen functional groups attached to an aromatic ring is 1. The number of piperidine rings is 1. The van der Waals surface area contributed by atoms with E-state index in [-0.39, 0.29) is 12.1 Å². The first kappa shape index (κ1) is 22.7. The molecule has 1 aliphatic rings. The third-order valence-corrected chi connectivity index (χ3v) is 5.64. The summed E-state index contributed by atoms with van der Waals surface area (Å²) < 4.78 is 13.6. The maximum absolute atomic E-state index is 12.3. The minimum absolute atomic E-state index is 0.229. The molecule has 33 heavy (non-hydrogen) atoms. The molecule has 1 aliphatic heterocycles. The number of amides is 1. The van der Waals surface area contributed by atoms with Crippen molar-refractivity contribution in [1.82, 2.24) is 14.7 Å². The Morgan fingerprint density at radius 2 is 1.85 bits per heavy atom. The molecule has 2 aromatic carbocycles. The molecule has 0 atom stereocenters. The fourth-order valence-corrected chi connectivity index (χ4v) is 3.95. The Labute approximate surface area is 195 Å². The van der Waals surface area contributed by atoms with Crippen LogP contribution in [0, 0.1) is 0 Å². The van der Waals surface area contributed by atoms with E-state index in [0.29, 0.717) is 25.4 Å². The van der Waals surface area contributed by atoms with Crippen LogP contribution in [0.2, 0.25) is 0 Å². The van der Waals surface area contributed by atoms with Crippen LogP contribution in [-0.2, 0) is 11.3 Å². The molecule has 3 aromatic rings. The zero-order valence-electron chi connectivity index (χ0n) is 19.5. The van der Waals surface area contributed by atoms with Gasteiger partial charge < -0.3 is 20.1 Å². The lowest BCUT2D eigenvalue weighted by atomic mass is 10.1. The molecule has 1 aromatic heterocycles. The Morgan fingerprint density at radius 3 is 2.55 bits per heavy atom. The number of hydrogen-bond donors (Lipinski definition) is 1. The molecule has 4 rings (SSSR count). The molecule has 2 heterocycles. The van der Waals surface area contributed by atoms with Crippen molar-refractivity contribution in [2.75, 3.05) is 18.8 Å². The predicted octanol–water partition coefficient (Wildman–Crippen LogP) is 5.28. The summed E-state index contributed by atoms with van der Waals surface area (Å²) in [6.45, 7) is 7.44. The number of nitrogens with two attached hydrogens (primary N) is 1. The van der Waals surface area contributed by atoms with Crippen molar-refractivity contribution < 1.29 is 14.3 Å². The number of anilines is 1. The number of aromatic nitrogens is 2. The molecular formula is C26H32N4O3. The molecule has 0 spiro atoms. The second-order valence-electron chi connectivity index (χ2n) is 9.44. The molecule has 2 N–H and O–H groups in total. The van der Waals surface area contributed by atoms with Gasteiger partial charge >= 0.3 is 6.09 Å². The van der Waals surface area contributed by atoms with E-state index in [1.165, 1.54) is 0 Å². The number of ether oxygens (including phenoxy) is 2. The molecule has 174 valence electrons. The van der Waals surface area contributed by atoms with Gasteiger partial charge in [0.05, 0.1) is 12.2 Å². The van der Waals surface area contributed by atoms with Crippen LogP contribution in [0.25, 0.3) is 11.1 Å². The van der Waals surface area contributed by atoms with Crippen molar-refractivity contribution in [3.8, 4) is 16.9 Å². The maximum Gasteiger partial charge on any atom is 0.410 e. The average Bonchev–Trinajstić information content (AvgIpc) is 3.28. The van der Waals surface area contributed by atoms with E-state index >= 15 is 0 Å². The number of hydrogen-bond acceptors (Lipinski definition) is 5. The molecule has 1 amide bonds. The lowest BCUT2D eigenvalue weighted by Gasteiger charge is -2.33. The topological polar surface area (TPSA) is 82.6 Å². The van der Waals surface area contributed by atoms with Gasteiger partial charge in [0.15, 0.2) is 0 Å². The largest absolute Gasteiger partial charge is 0.488 e. The summed E-state index contributed by atoms with van der Waals surface area (Å²) in [4.78, 5) is 14.1. The van der Waals surface area contributed by atoms with E-state index in [2.05, 4.69) is 5.10 Å². The van der Waals surface area contributed by atoms with E-state index in [0.717, 1.165) is 35.3 Å². The van der Waals surface area contributed by atoms with Crippen LogP contribution >= 0.6 is 0 Å². The van der Waals surface area contributed by atoms with Crippen LogP contribution in [0.15, 0.2) is 60.9 Å². The normalized spacial score (nSPS) is 14.8. The Balaban J connectivity index is 1.43. The molecule has 0 aliphatic carbocycles. The minimum Gasteiger partial charge on any atom is -0.488 e. The number of rotatable bonds is 5. The summed E-state index contributed by atoms with van der Waals surface area (Å²) in [6.07, 6.45) is 5.30. The van der Waals surface area contributed by atoms with Gasteiger partial charge in [0.2, 0.25) is 0 Å². The number of nitrogens with zero attached hydrogens (tertiary/aromatic N) is 3. The molecule has 0 bridgehead atoms. The summed E-state index contributed by atoms with van der Waals surface area (Å²) in [5.74, 6) is 0.771. The van der Waals surface area contributed by atoms with Crippen molar-refractivity contribution in [3.05, 3.63) is 66.5 Å². The van der Waals surface area contributed by atoms with Crippen LogP contribution < -0.4 is 10.5 Å². The fourth-order valence-electron chi connectivity index (χ4n) is 3.95. The molecule has 0 saturated carbocycles. The number of carbonyl (C=O) groups excluding carboxylic acids is 1. The fraction of sp³-hybridized carbons (Fsp3) is 0.385. The van der Waals surface area contributed by atoms with Gasteiger partial charge in [-0.3, -0.25) is 4.68 Å². The average molecular weight is 449 g/mol. The highest BCUT2D eigenvalue weighted by Crippen LogP contribution is 2.34. The Morgan fingerprint density at radius 1 is 1.12 bits per heavy atom. The van der Waals surface area contributed by atoms with Crippen LogP contribution in [0.3, 0.4) is 0 Å². The first-order valence-corrected chi connectivity index (χ1v) is 11.4. The Bertz CT molecular complexity index is 1080. The second-order valence-corrected chi connectivity index (χ2v) is 9.44. The van der Waals surface area contributed by atoms with E-state index in [9.17, 15) is 4.79 Å². The Kier molecular flexibility index (Phi) is 6.58. The molecular weight excluding hydrogens is 416 g/mol. The van der Waals surface area contributed by atoms with Crippen molar-refractivity contribution >= 4 is 11.8 Å². The molecule has 0 radical (unpaired) electrons. The predicted molar refractivity (Wildman–Crippen MR) is 129 cm³/mol. The van der Waals surface area contributed by atoms with Crippen molar-refractivity contribution in [1.29, 1.82) is 0 Å². The zero-order valence-corrected chi connectivity index (χ0v) is 19.5. The minimum atomic E-state index is -0.483. The number of likely N-dealkylation sites (tertiary alicyclic amines) is 1. The van der Waals surface area contributed by atoms with Crippen LogP contribution in [0.4, 0.5) is 10.5 Å². The van der Waals surface area contributed by atoms with Gasteiger partial charge in [-0.1, -0.05) is 30.3 Å². The van der Waals surface area contributed by atoms with Gasteiger partial charge in [0.25, 0.3) is 0 Å². The monoisotopic (exact) mass is 448 g/mol. The lowest BCUT2D eigenvalue weighted by Crippen LogP contribution is -2.42. The molecule has 7 nitrogen and oxygen atoms in total. The van der Waals surface area contributed by atoms with E-state index in [4.69, 9.17) is 15.2 Å². The van der Waals surface area contributed by atoms with Gasteiger partial charge in [0.1, 0.15) is 18.0 Å². The number of benzene rings is 2. The van der Waals surface area contributed by atoms with Gasteiger partial charge in [-0.2, -0.15) is 5.10 Å². The second kappa shape index (κ2) is 9.57. The molecule has 1 fully saturated rings. The van der Waals surface area contributed by atoms with Crippen molar-refractivity contribution in [2.24, 2.45) is 0 Å². The summed E-state index contributed by atoms with van der Waals surface area (Å²) in [5.41, 5.74) is 9.25. The maximum atomic E-state index is 12.3. The summed E-state index contributed by atoms with van der Waals surface area (Å²) in [6, 6.07) is 16.0. The highest BCUT2D eigenvalue weighted by molar-refractivity contribution is 5.73. The van der Waals surface area contributed by atoms with Gasteiger partial charge in [-0.15, -0.1) is 0 Å². The van der Waals surface area contributed by atoms with Crippen molar-refractivity contribution in [2.45, 2.75) is 51.9 Å².